The van der Waals surface area contributed by atoms with Gasteiger partial charge >= 0.3 is 0 Å². The first-order chi connectivity index (χ1) is 10.6. The van der Waals surface area contributed by atoms with Crippen molar-refractivity contribution in [1.82, 2.24) is 0 Å². The standard InChI is InChI=1S/C17H17ClN2O2/c1-2-6-16(21)19-12-7-5-8-13(11-12)20-17(22)14-9-3-4-10-15(14)18/h3-5,7-11H,2,6H2,1H3,(H,19,21)(H,20,22). The molecule has 2 amide bonds. The van der Waals surface area contributed by atoms with Crippen LogP contribution in [0, 0.1) is 0 Å². The zero-order valence-electron chi connectivity index (χ0n) is 12.2. The van der Waals surface area contributed by atoms with E-state index in [1.165, 1.54) is 0 Å². The monoisotopic (exact) mass is 316 g/mol. The van der Waals surface area contributed by atoms with Gasteiger partial charge in [0.1, 0.15) is 0 Å². The lowest BCUT2D eigenvalue weighted by atomic mass is 10.2. The fraction of sp³-hybridized carbons (Fsp3) is 0.176. The van der Waals surface area contributed by atoms with Gasteiger partial charge in [0.25, 0.3) is 5.91 Å². The lowest BCUT2D eigenvalue weighted by Crippen LogP contribution is -2.13. The average molecular weight is 317 g/mol. The Kier molecular flexibility index (Phi) is 5.55. The van der Waals surface area contributed by atoms with E-state index in [0.717, 1.165) is 6.42 Å². The van der Waals surface area contributed by atoms with Crippen molar-refractivity contribution >= 4 is 34.8 Å². The van der Waals surface area contributed by atoms with E-state index in [1.807, 2.05) is 6.92 Å². The van der Waals surface area contributed by atoms with Gasteiger partial charge in [0.2, 0.25) is 5.91 Å². The summed E-state index contributed by atoms with van der Waals surface area (Å²) in [4.78, 5) is 23.8. The normalized spacial score (nSPS) is 10.1. The molecule has 0 aromatic heterocycles. The molecule has 0 saturated heterocycles. The molecule has 0 bridgehead atoms. The Morgan fingerprint density at radius 3 is 2.36 bits per heavy atom. The van der Waals surface area contributed by atoms with Gasteiger partial charge in [0.05, 0.1) is 10.6 Å². The van der Waals surface area contributed by atoms with Crippen molar-refractivity contribution in [2.24, 2.45) is 0 Å². The van der Waals surface area contributed by atoms with E-state index in [-0.39, 0.29) is 11.8 Å². The van der Waals surface area contributed by atoms with Gasteiger partial charge in [-0.05, 0) is 36.8 Å². The molecular weight excluding hydrogens is 300 g/mol. The fourth-order valence-electron chi connectivity index (χ4n) is 1.97. The number of hydrogen-bond acceptors (Lipinski definition) is 2. The molecule has 0 aliphatic carbocycles. The van der Waals surface area contributed by atoms with Gasteiger partial charge in [-0.3, -0.25) is 9.59 Å². The highest BCUT2D eigenvalue weighted by Crippen LogP contribution is 2.19. The number of carbonyl (C=O) groups is 2. The Morgan fingerprint density at radius 2 is 1.68 bits per heavy atom. The molecule has 4 nitrogen and oxygen atoms in total. The van der Waals surface area contributed by atoms with Crippen LogP contribution < -0.4 is 10.6 Å². The lowest BCUT2D eigenvalue weighted by molar-refractivity contribution is -0.116. The first kappa shape index (κ1) is 16.0. The third-order valence-electron chi connectivity index (χ3n) is 3.00. The minimum Gasteiger partial charge on any atom is -0.326 e. The Balaban J connectivity index is 2.09. The molecule has 5 heteroatoms. The molecule has 22 heavy (non-hydrogen) atoms. The number of benzene rings is 2. The van der Waals surface area contributed by atoms with Crippen LogP contribution in [-0.2, 0) is 4.79 Å². The molecule has 0 heterocycles. The van der Waals surface area contributed by atoms with E-state index in [2.05, 4.69) is 10.6 Å². The Labute approximate surface area is 134 Å². The maximum atomic E-state index is 12.2. The first-order valence-corrected chi connectivity index (χ1v) is 7.43. The summed E-state index contributed by atoms with van der Waals surface area (Å²) in [6.07, 6.45) is 1.25. The van der Waals surface area contributed by atoms with Crippen molar-refractivity contribution in [1.29, 1.82) is 0 Å². The molecule has 2 aromatic carbocycles. The van der Waals surface area contributed by atoms with Crippen molar-refractivity contribution in [3.63, 3.8) is 0 Å². The summed E-state index contributed by atoms with van der Waals surface area (Å²) in [5.74, 6) is -0.334. The van der Waals surface area contributed by atoms with Gasteiger partial charge in [0, 0.05) is 17.8 Å². The SMILES string of the molecule is CCCC(=O)Nc1cccc(NC(=O)c2ccccc2Cl)c1. The Morgan fingerprint density at radius 1 is 1.00 bits per heavy atom. The topological polar surface area (TPSA) is 58.2 Å². The summed E-state index contributed by atoms with van der Waals surface area (Å²) in [7, 11) is 0. The summed E-state index contributed by atoms with van der Waals surface area (Å²) in [5.41, 5.74) is 1.65. The predicted octanol–water partition coefficient (Wildman–Crippen LogP) is 4.33. The van der Waals surface area contributed by atoms with Crippen LogP contribution >= 0.6 is 11.6 Å². The molecule has 0 unspecified atom stereocenters. The number of amides is 2. The minimum absolute atomic E-state index is 0.0444. The fourth-order valence-corrected chi connectivity index (χ4v) is 2.19. The molecule has 2 rings (SSSR count). The Hall–Kier alpha value is -2.33. The second kappa shape index (κ2) is 7.61. The predicted molar refractivity (Wildman–Crippen MR) is 89.4 cm³/mol. The van der Waals surface area contributed by atoms with Crippen LogP contribution in [0.2, 0.25) is 5.02 Å². The van der Waals surface area contributed by atoms with Crippen LogP contribution in [0.5, 0.6) is 0 Å². The van der Waals surface area contributed by atoms with Gasteiger partial charge in [-0.15, -0.1) is 0 Å². The summed E-state index contributed by atoms with van der Waals surface area (Å²) >= 11 is 6.00. The molecule has 0 radical (unpaired) electrons. The number of nitrogens with one attached hydrogen (secondary N) is 2. The molecule has 0 aliphatic heterocycles. The van der Waals surface area contributed by atoms with Crippen molar-refractivity contribution in [3.05, 3.63) is 59.1 Å². The molecule has 0 atom stereocenters. The molecule has 0 spiro atoms. The van der Waals surface area contributed by atoms with Gasteiger partial charge in [-0.25, -0.2) is 0 Å². The maximum Gasteiger partial charge on any atom is 0.257 e. The van der Waals surface area contributed by atoms with Gasteiger partial charge in [0.15, 0.2) is 0 Å². The van der Waals surface area contributed by atoms with Crippen molar-refractivity contribution < 1.29 is 9.59 Å². The zero-order chi connectivity index (χ0) is 15.9. The van der Waals surface area contributed by atoms with Gasteiger partial charge in [-0.2, -0.15) is 0 Å². The molecular formula is C17H17ClN2O2. The lowest BCUT2D eigenvalue weighted by Gasteiger charge is -2.09. The van der Waals surface area contributed by atoms with Crippen LogP contribution in [0.1, 0.15) is 30.1 Å². The Bertz CT molecular complexity index is 686. The highest BCUT2D eigenvalue weighted by atomic mass is 35.5. The van der Waals surface area contributed by atoms with E-state index in [0.29, 0.717) is 28.4 Å². The van der Waals surface area contributed by atoms with Crippen molar-refractivity contribution in [3.8, 4) is 0 Å². The summed E-state index contributed by atoms with van der Waals surface area (Å²) in [6, 6.07) is 13.8. The van der Waals surface area contributed by atoms with E-state index < -0.39 is 0 Å². The molecule has 2 N–H and O–H groups in total. The second-order valence-corrected chi connectivity index (χ2v) is 5.22. The molecule has 2 aromatic rings. The average Bonchev–Trinajstić information content (AvgIpc) is 2.48. The maximum absolute atomic E-state index is 12.2. The summed E-state index contributed by atoms with van der Waals surface area (Å²) in [5, 5.41) is 5.96. The number of anilines is 2. The van der Waals surface area contributed by atoms with Crippen LogP contribution in [0.25, 0.3) is 0 Å². The van der Waals surface area contributed by atoms with E-state index in [1.54, 1.807) is 48.5 Å². The number of carbonyl (C=O) groups excluding carboxylic acids is 2. The third kappa shape index (κ3) is 4.33. The highest BCUT2D eigenvalue weighted by molar-refractivity contribution is 6.34. The quantitative estimate of drug-likeness (QED) is 0.862. The number of hydrogen-bond donors (Lipinski definition) is 2. The molecule has 0 fully saturated rings. The molecule has 0 saturated carbocycles. The van der Waals surface area contributed by atoms with E-state index >= 15 is 0 Å². The van der Waals surface area contributed by atoms with Crippen LogP contribution in [-0.4, -0.2) is 11.8 Å². The minimum atomic E-state index is -0.289. The second-order valence-electron chi connectivity index (χ2n) is 4.81. The molecule has 114 valence electrons. The highest BCUT2D eigenvalue weighted by Gasteiger charge is 2.10. The van der Waals surface area contributed by atoms with Gasteiger partial charge in [-0.1, -0.05) is 36.7 Å². The van der Waals surface area contributed by atoms with E-state index in [4.69, 9.17) is 11.6 Å². The first-order valence-electron chi connectivity index (χ1n) is 7.06. The third-order valence-corrected chi connectivity index (χ3v) is 3.33. The molecule has 0 aliphatic rings. The summed E-state index contributed by atoms with van der Waals surface area (Å²) in [6.45, 7) is 1.94. The zero-order valence-corrected chi connectivity index (χ0v) is 13.0. The summed E-state index contributed by atoms with van der Waals surface area (Å²) < 4.78 is 0. The number of rotatable bonds is 5. The number of halogens is 1. The van der Waals surface area contributed by atoms with Gasteiger partial charge < -0.3 is 10.6 Å². The van der Waals surface area contributed by atoms with E-state index in [9.17, 15) is 9.59 Å². The smallest absolute Gasteiger partial charge is 0.257 e. The largest absolute Gasteiger partial charge is 0.326 e. The van der Waals surface area contributed by atoms with Crippen LogP contribution in [0.3, 0.4) is 0 Å². The van der Waals surface area contributed by atoms with Crippen LogP contribution in [0.4, 0.5) is 11.4 Å². The van der Waals surface area contributed by atoms with Crippen LogP contribution in [0.15, 0.2) is 48.5 Å². The van der Waals surface area contributed by atoms with Crippen molar-refractivity contribution in [2.45, 2.75) is 19.8 Å². The van der Waals surface area contributed by atoms with Crippen molar-refractivity contribution in [2.75, 3.05) is 10.6 Å².